The van der Waals surface area contributed by atoms with Crippen LogP contribution >= 0.6 is 0 Å². The zero-order chi connectivity index (χ0) is 26.3. The first kappa shape index (κ1) is 26.3. The highest BCUT2D eigenvalue weighted by molar-refractivity contribution is 5.89. The summed E-state index contributed by atoms with van der Waals surface area (Å²) in [4.78, 5) is 14.6. The van der Waals surface area contributed by atoms with Gasteiger partial charge in [-0.3, -0.25) is 9.69 Å². The Morgan fingerprint density at radius 3 is 2.27 bits per heavy atom. The Hall–Kier alpha value is -2.28. The molecule has 0 amide bonds. The van der Waals surface area contributed by atoms with Gasteiger partial charge < -0.3 is 9.47 Å². The highest BCUT2D eigenvalue weighted by Crippen LogP contribution is 2.46. The van der Waals surface area contributed by atoms with Crippen LogP contribution in [0.3, 0.4) is 0 Å². The lowest BCUT2D eigenvalue weighted by atomic mass is 9.86. The van der Waals surface area contributed by atoms with Gasteiger partial charge in [-0.1, -0.05) is 31.5 Å². The van der Waals surface area contributed by atoms with E-state index in [1.54, 1.807) is 18.2 Å². The van der Waals surface area contributed by atoms with Gasteiger partial charge in [0.15, 0.2) is 0 Å². The van der Waals surface area contributed by atoms with Crippen LogP contribution in [0.4, 0.5) is 13.2 Å². The van der Waals surface area contributed by atoms with E-state index in [1.807, 2.05) is 6.07 Å². The third-order valence-corrected chi connectivity index (χ3v) is 9.21. The molecule has 4 nitrogen and oxygen atoms in total. The number of carbonyl (C=O) groups is 1. The average Bonchev–Trinajstić information content (AvgIpc) is 3.15. The van der Waals surface area contributed by atoms with Gasteiger partial charge in [0.2, 0.25) is 0 Å². The molecule has 1 saturated carbocycles. The predicted molar refractivity (Wildman–Crippen MR) is 137 cm³/mol. The summed E-state index contributed by atoms with van der Waals surface area (Å²) < 4.78 is 54.5. The van der Waals surface area contributed by atoms with Crippen LogP contribution < -0.4 is 4.74 Å². The first-order valence-electron chi connectivity index (χ1n) is 13.8. The molecule has 2 bridgehead atoms. The maximum absolute atomic E-state index is 14.5. The summed E-state index contributed by atoms with van der Waals surface area (Å²) >= 11 is 0. The topological polar surface area (TPSA) is 38.8 Å². The molecule has 1 aliphatic carbocycles. The molecule has 2 aliphatic heterocycles. The van der Waals surface area contributed by atoms with Crippen LogP contribution in [-0.4, -0.2) is 36.2 Å². The van der Waals surface area contributed by atoms with Crippen molar-refractivity contribution in [2.75, 3.05) is 7.11 Å². The quantitative estimate of drug-likeness (QED) is 0.368. The molecular formula is C30H38F3NO3. The van der Waals surface area contributed by atoms with E-state index in [0.717, 1.165) is 63.4 Å². The predicted octanol–water partition coefficient (Wildman–Crippen LogP) is 7.68. The Morgan fingerprint density at radius 1 is 1.03 bits per heavy atom. The number of rotatable bonds is 6. The average molecular weight is 518 g/mol. The van der Waals surface area contributed by atoms with Crippen molar-refractivity contribution < 1.29 is 27.4 Å². The minimum absolute atomic E-state index is 0.0459. The van der Waals surface area contributed by atoms with Gasteiger partial charge in [0.1, 0.15) is 11.3 Å². The standard InChI is InChI=1S/C30H38F3NO3/c1-4-19-5-12-25(13-6-19)37-27-14-9-20-7-8-21(17-26(20)28(27)30(31,32)33)18(2)34-23-10-11-24(34)16-22(15-23)29(35)36-3/h7-9,14,17-19,22-25H,4-6,10-13,15-16H2,1-3H3/t18?,19-,22?,23?,24?,25+. The van der Waals surface area contributed by atoms with Crippen molar-refractivity contribution in [2.24, 2.45) is 11.8 Å². The third-order valence-electron chi connectivity index (χ3n) is 9.21. The van der Waals surface area contributed by atoms with E-state index in [1.165, 1.54) is 13.2 Å². The molecule has 202 valence electrons. The van der Waals surface area contributed by atoms with Crippen molar-refractivity contribution in [3.8, 4) is 5.75 Å². The molecule has 3 atom stereocenters. The number of carbonyl (C=O) groups excluding carboxylic acids is 1. The van der Waals surface area contributed by atoms with Gasteiger partial charge in [-0.15, -0.1) is 0 Å². The Balaban J connectivity index is 1.44. The summed E-state index contributed by atoms with van der Waals surface area (Å²) in [7, 11) is 1.43. The summed E-state index contributed by atoms with van der Waals surface area (Å²) in [5.41, 5.74) is 0.205. The summed E-state index contributed by atoms with van der Waals surface area (Å²) in [6.07, 6.45) is 3.53. The van der Waals surface area contributed by atoms with Crippen molar-refractivity contribution in [1.29, 1.82) is 0 Å². The van der Waals surface area contributed by atoms with Crippen LogP contribution in [0.1, 0.15) is 88.8 Å². The number of nitrogens with zero attached hydrogens (tertiary/aromatic N) is 1. The number of fused-ring (bicyclic) bond motifs is 3. The summed E-state index contributed by atoms with van der Waals surface area (Å²) in [6, 6.07) is 9.15. The number of ether oxygens (including phenoxy) is 2. The van der Waals surface area contributed by atoms with Gasteiger partial charge in [-0.05, 0) is 92.7 Å². The van der Waals surface area contributed by atoms with E-state index in [-0.39, 0.29) is 47.3 Å². The molecule has 0 N–H and O–H groups in total. The fourth-order valence-electron chi connectivity index (χ4n) is 7.18. The number of alkyl halides is 3. The normalized spacial score (nSPS) is 29.3. The van der Waals surface area contributed by atoms with E-state index in [2.05, 4.69) is 18.7 Å². The fraction of sp³-hybridized carbons (Fsp3) is 0.633. The smallest absolute Gasteiger partial charge is 0.420 e. The highest BCUT2D eigenvalue weighted by Gasteiger charge is 2.45. The molecule has 3 aliphatic rings. The van der Waals surface area contributed by atoms with Crippen LogP contribution in [0, 0.1) is 11.8 Å². The molecule has 0 spiro atoms. The molecule has 37 heavy (non-hydrogen) atoms. The van der Waals surface area contributed by atoms with Crippen molar-refractivity contribution in [3.05, 3.63) is 41.5 Å². The maximum Gasteiger partial charge on any atom is 0.420 e. The van der Waals surface area contributed by atoms with Gasteiger partial charge in [0, 0.05) is 18.1 Å². The Labute approximate surface area is 217 Å². The first-order valence-corrected chi connectivity index (χ1v) is 13.8. The fourth-order valence-corrected chi connectivity index (χ4v) is 7.18. The van der Waals surface area contributed by atoms with E-state index >= 15 is 0 Å². The molecule has 2 aromatic rings. The largest absolute Gasteiger partial charge is 0.490 e. The number of halogens is 3. The second-order valence-electron chi connectivity index (χ2n) is 11.3. The Morgan fingerprint density at radius 2 is 1.68 bits per heavy atom. The van der Waals surface area contributed by atoms with Gasteiger partial charge in [-0.25, -0.2) is 0 Å². The molecular weight excluding hydrogens is 479 g/mol. The molecule has 0 radical (unpaired) electrons. The number of piperidine rings is 1. The van der Waals surface area contributed by atoms with E-state index in [0.29, 0.717) is 11.3 Å². The Bertz CT molecular complexity index is 1110. The number of hydrogen-bond acceptors (Lipinski definition) is 4. The Kier molecular flexibility index (Phi) is 7.45. The zero-order valence-electron chi connectivity index (χ0n) is 22.0. The van der Waals surface area contributed by atoms with Gasteiger partial charge in [0.25, 0.3) is 0 Å². The molecule has 0 aromatic heterocycles. The molecule has 2 heterocycles. The molecule has 7 heteroatoms. The molecule has 5 rings (SSSR count). The lowest BCUT2D eigenvalue weighted by molar-refractivity contribution is -0.148. The number of methoxy groups -OCH3 is 1. The van der Waals surface area contributed by atoms with Crippen molar-refractivity contribution in [1.82, 2.24) is 4.90 Å². The van der Waals surface area contributed by atoms with Crippen LogP contribution in [-0.2, 0) is 15.7 Å². The van der Waals surface area contributed by atoms with Crippen LogP contribution in [0.2, 0.25) is 0 Å². The van der Waals surface area contributed by atoms with Gasteiger partial charge in [-0.2, -0.15) is 13.2 Å². The highest BCUT2D eigenvalue weighted by atomic mass is 19.4. The SMILES string of the molecule is CC[C@H]1CC[C@@H](Oc2ccc3ccc(C(C)N4C5CCC4CC(C(=O)OC)C5)cc3c2C(F)(F)F)CC1. The van der Waals surface area contributed by atoms with Crippen LogP contribution in [0.25, 0.3) is 10.8 Å². The van der Waals surface area contributed by atoms with Crippen molar-refractivity contribution in [2.45, 2.75) is 102 Å². The van der Waals surface area contributed by atoms with Crippen LogP contribution in [0.5, 0.6) is 5.75 Å². The van der Waals surface area contributed by atoms with Crippen LogP contribution in [0.15, 0.2) is 30.3 Å². The molecule has 2 saturated heterocycles. The monoisotopic (exact) mass is 517 g/mol. The second-order valence-corrected chi connectivity index (χ2v) is 11.3. The number of benzene rings is 2. The molecule has 2 aromatic carbocycles. The first-order chi connectivity index (χ1) is 17.7. The van der Waals surface area contributed by atoms with Gasteiger partial charge >= 0.3 is 12.1 Å². The third kappa shape index (κ3) is 5.21. The number of hydrogen-bond donors (Lipinski definition) is 0. The van der Waals surface area contributed by atoms with Crippen molar-refractivity contribution in [3.63, 3.8) is 0 Å². The summed E-state index contributed by atoms with van der Waals surface area (Å²) in [5, 5.41) is 0.770. The van der Waals surface area contributed by atoms with E-state index in [9.17, 15) is 18.0 Å². The number of esters is 1. The minimum Gasteiger partial charge on any atom is -0.490 e. The second kappa shape index (κ2) is 10.5. The molecule has 3 unspecified atom stereocenters. The zero-order valence-corrected chi connectivity index (χ0v) is 22.0. The summed E-state index contributed by atoms with van der Waals surface area (Å²) in [5.74, 6) is 0.353. The van der Waals surface area contributed by atoms with Gasteiger partial charge in [0.05, 0.1) is 19.1 Å². The van der Waals surface area contributed by atoms with E-state index < -0.39 is 11.7 Å². The summed E-state index contributed by atoms with van der Waals surface area (Å²) in [6.45, 7) is 4.24. The lowest BCUT2D eigenvalue weighted by Crippen LogP contribution is -2.46. The lowest BCUT2D eigenvalue weighted by Gasteiger charge is -2.42. The minimum atomic E-state index is -4.52. The van der Waals surface area contributed by atoms with E-state index in [4.69, 9.17) is 9.47 Å². The maximum atomic E-state index is 14.5. The van der Waals surface area contributed by atoms with Crippen molar-refractivity contribution >= 4 is 16.7 Å². The molecule has 3 fully saturated rings.